The van der Waals surface area contributed by atoms with Crippen molar-refractivity contribution in [2.45, 2.75) is 57.6 Å². The summed E-state index contributed by atoms with van der Waals surface area (Å²) in [6, 6.07) is 0.442. The molecule has 2 rings (SSSR count). The van der Waals surface area contributed by atoms with Crippen LogP contribution in [-0.2, 0) is 4.79 Å². The fourth-order valence-electron chi connectivity index (χ4n) is 3.53. The highest BCUT2D eigenvalue weighted by molar-refractivity contribution is 5.78. The minimum atomic E-state index is -0.101. The predicted molar refractivity (Wildman–Crippen MR) is 80.4 cm³/mol. The molecule has 0 saturated heterocycles. The number of hydrogen-bond acceptors (Lipinski definition) is 3. The third-order valence-electron chi connectivity index (χ3n) is 5.11. The summed E-state index contributed by atoms with van der Waals surface area (Å²) in [7, 11) is 3.98. The third-order valence-corrected chi connectivity index (χ3v) is 5.11. The SMILES string of the molecule is CC1CCC(N(C)C(=O)CN(C)CC2CC(O)C2)CC1. The van der Waals surface area contributed by atoms with Crippen LogP contribution < -0.4 is 0 Å². The van der Waals surface area contributed by atoms with Crippen LogP contribution in [0.3, 0.4) is 0 Å². The van der Waals surface area contributed by atoms with Gasteiger partial charge in [-0.1, -0.05) is 6.92 Å². The van der Waals surface area contributed by atoms with E-state index in [1.807, 2.05) is 19.0 Å². The molecule has 2 aliphatic rings. The van der Waals surface area contributed by atoms with Crippen molar-refractivity contribution < 1.29 is 9.90 Å². The molecule has 116 valence electrons. The quantitative estimate of drug-likeness (QED) is 0.835. The van der Waals surface area contributed by atoms with Gasteiger partial charge in [0.15, 0.2) is 0 Å². The summed E-state index contributed by atoms with van der Waals surface area (Å²) < 4.78 is 0. The van der Waals surface area contributed by atoms with E-state index in [0.717, 1.165) is 38.1 Å². The zero-order valence-electron chi connectivity index (χ0n) is 13.2. The van der Waals surface area contributed by atoms with Gasteiger partial charge in [0.05, 0.1) is 12.6 Å². The highest BCUT2D eigenvalue weighted by Crippen LogP contribution is 2.28. The van der Waals surface area contributed by atoms with Crippen molar-refractivity contribution in [2.75, 3.05) is 27.2 Å². The molecule has 0 heterocycles. The van der Waals surface area contributed by atoms with Crippen LogP contribution >= 0.6 is 0 Å². The number of rotatable bonds is 5. The fraction of sp³-hybridized carbons (Fsp3) is 0.938. The highest BCUT2D eigenvalue weighted by atomic mass is 16.3. The van der Waals surface area contributed by atoms with Gasteiger partial charge in [-0.25, -0.2) is 0 Å². The Morgan fingerprint density at radius 2 is 1.75 bits per heavy atom. The normalized spacial score (nSPS) is 33.9. The first-order valence-electron chi connectivity index (χ1n) is 8.08. The van der Waals surface area contributed by atoms with Crippen LogP contribution in [0.4, 0.5) is 0 Å². The molecule has 2 fully saturated rings. The van der Waals surface area contributed by atoms with E-state index in [-0.39, 0.29) is 12.0 Å². The van der Waals surface area contributed by atoms with Gasteiger partial charge < -0.3 is 10.0 Å². The van der Waals surface area contributed by atoms with Gasteiger partial charge in [0.2, 0.25) is 5.91 Å². The fourth-order valence-corrected chi connectivity index (χ4v) is 3.53. The smallest absolute Gasteiger partial charge is 0.236 e. The van der Waals surface area contributed by atoms with Crippen molar-refractivity contribution in [3.05, 3.63) is 0 Å². The Balaban J connectivity index is 1.70. The molecule has 0 bridgehead atoms. The van der Waals surface area contributed by atoms with Gasteiger partial charge in [0, 0.05) is 19.6 Å². The van der Waals surface area contributed by atoms with Crippen LogP contribution in [0, 0.1) is 11.8 Å². The van der Waals surface area contributed by atoms with Crippen LogP contribution in [0.5, 0.6) is 0 Å². The first kappa shape index (κ1) is 15.8. The zero-order chi connectivity index (χ0) is 14.7. The maximum Gasteiger partial charge on any atom is 0.236 e. The van der Waals surface area contributed by atoms with Crippen LogP contribution in [0.15, 0.2) is 0 Å². The van der Waals surface area contributed by atoms with E-state index >= 15 is 0 Å². The monoisotopic (exact) mass is 282 g/mol. The van der Waals surface area contributed by atoms with Crippen LogP contribution in [-0.4, -0.2) is 60.1 Å². The minimum Gasteiger partial charge on any atom is -0.393 e. The molecule has 0 radical (unpaired) electrons. The summed E-state index contributed by atoms with van der Waals surface area (Å²) in [4.78, 5) is 16.4. The van der Waals surface area contributed by atoms with E-state index in [2.05, 4.69) is 11.8 Å². The van der Waals surface area contributed by atoms with Gasteiger partial charge in [0.1, 0.15) is 0 Å². The first-order valence-corrected chi connectivity index (χ1v) is 8.08. The molecule has 2 saturated carbocycles. The van der Waals surface area contributed by atoms with Crippen LogP contribution in [0.1, 0.15) is 45.4 Å². The van der Waals surface area contributed by atoms with E-state index in [0.29, 0.717) is 18.5 Å². The van der Waals surface area contributed by atoms with Gasteiger partial charge in [-0.15, -0.1) is 0 Å². The van der Waals surface area contributed by atoms with Crippen molar-refractivity contribution in [3.63, 3.8) is 0 Å². The molecule has 4 heteroatoms. The number of nitrogens with zero attached hydrogens (tertiary/aromatic N) is 2. The molecule has 20 heavy (non-hydrogen) atoms. The molecule has 0 unspecified atom stereocenters. The summed E-state index contributed by atoms with van der Waals surface area (Å²) in [6.45, 7) is 3.74. The van der Waals surface area contributed by atoms with E-state index in [4.69, 9.17) is 0 Å². The highest BCUT2D eigenvalue weighted by Gasteiger charge is 2.29. The summed E-state index contributed by atoms with van der Waals surface area (Å²) in [6.07, 6.45) is 6.50. The Hall–Kier alpha value is -0.610. The Morgan fingerprint density at radius 3 is 2.30 bits per heavy atom. The van der Waals surface area contributed by atoms with Crippen molar-refractivity contribution >= 4 is 5.91 Å². The lowest BCUT2D eigenvalue weighted by atomic mass is 9.82. The Labute approximate surface area is 123 Å². The lowest BCUT2D eigenvalue weighted by Gasteiger charge is -2.36. The summed E-state index contributed by atoms with van der Waals surface area (Å²) >= 11 is 0. The molecule has 1 N–H and O–H groups in total. The Morgan fingerprint density at radius 1 is 1.15 bits per heavy atom. The number of aliphatic hydroxyl groups is 1. The molecule has 0 aromatic carbocycles. The predicted octanol–water partition coefficient (Wildman–Crippen LogP) is 1.73. The van der Waals surface area contributed by atoms with Crippen molar-refractivity contribution in [1.82, 2.24) is 9.80 Å². The standard InChI is InChI=1S/C16H30N2O2/c1-12-4-6-14(7-5-12)18(3)16(20)11-17(2)10-13-8-15(19)9-13/h12-15,19H,4-11H2,1-3H3. The number of aliphatic hydroxyl groups excluding tert-OH is 1. The first-order chi connectivity index (χ1) is 9.45. The van der Waals surface area contributed by atoms with Gasteiger partial charge in [-0.2, -0.15) is 0 Å². The van der Waals surface area contributed by atoms with Gasteiger partial charge in [0.25, 0.3) is 0 Å². The third kappa shape index (κ3) is 4.19. The summed E-state index contributed by atoms with van der Waals surface area (Å²) in [5.74, 6) is 1.64. The summed E-state index contributed by atoms with van der Waals surface area (Å²) in [5, 5.41) is 9.30. The Kier molecular flexibility index (Phi) is 5.44. The largest absolute Gasteiger partial charge is 0.393 e. The molecule has 1 amide bonds. The second kappa shape index (κ2) is 6.90. The molecular weight excluding hydrogens is 252 g/mol. The average Bonchev–Trinajstić information content (AvgIpc) is 2.37. The molecule has 0 aromatic rings. The molecular formula is C16H30N2O2. The number of amides is 1. The molecule has 0 aliphatic heterocycles. The second-order valence-electron chi connectivity index (χ2n) is 7.11. The van der Waals surface area contributed by atoms with Gasteiger partial charge in [-0.05, 0) is 57.4 Å². The van der Waals surface area contributed by atoms with Crippen LogP contribution in [0.25, 0.3) is 0 Å². The van der Waals surface area contributed by atoms with E-state index in [9.17, 15) is 9.90 Å². The van der Waals surface area contributed by atoms with E-state index in [1.165, 1.54) is 12.8 Å². The van der Waals surface area contributed by atoms with Crippen LogP contribution in [0.2, 0.25) is 0 Å². The average molecular weight is 282 g/mol. The molecule has 4 nitrogen and oxygen atoms in total. The minimum absolute atomic E-state index is 0.101. The Bertz CT molecular complexity index is 320. The molecule has 0 aromatic heterocycles. The number of carbonyl (C=O) groups is 1. The van der Waals surface area contributed by atoms with Gasteiger partial charge in [-0.3, -0.25) is 9.69 Å². The molecule has 2 aliphatic carbocycles. The number of likely N-dealkylation sites (N-methyl/N-ethyl adjacent to an activating group) is 2. The van der Waals surface area contributed by atoms with Crippen molar-refractivity contribution in [3.8, 4) is 0 Å². The molecule has 0 atom stereocenters. The topological polar surface area (TPSA) is 43.8 Å². The molecule has 0 spiro atoms. The van der Waals surface area contributed by atoms with Gasteiger partial charge >= 0.3 is 0 Å². The van der Waals surface area contributed by atoms with E-state index < -0.39 is 0 Å². The van der Waals surface area contributed by atoms with E-state index in [1.54, 1.807) is 0 Å². The lowest BCUT2D eigenvalue weighted by molar-refractivity contribution is -0.134. The lowest BCUT2D eigenvalue weighted by Crippen LogP contribution is -2.45. The number of hydrogen-bond donors (Lipinski definition) is 1. The second-order valence-corrected chi connectivity index (χ2v) is 7.11. The summed E-state index contributed by atoms with van der Waals surface area (Å²) in [5.41, 5.74) is 0. The number of carbonyl (C=O) groups excluding carboxylic acids is 1. The van der Waals surface area contributed by atoms with Crippen molar-refractivity contribution in [2.24, 2.45) is 11.8 Å². The maximum absolute atomic E-state index is 12.3. The maximum atomic E-state index is 12.3. The zero-order valence-corrected chi connectivity index (χ0v) is 13.2. The van der Waals surface area contributed by atoms with Crippen molar-refractivity contribution in [1.29, 1.82) is 0 Å².